The molecule has 0 aliphatic heterocycles. The van der Waals surface area contributed by atoms with Crippen LogP contribution in [0.1, 0.15) is 0 Å². The average Bonchev–Trinajstić information content (AvgIpc) is 2.65. The van der Waals surface area contributed by atoms with Crippen molar-refractivity contribution in [3.05, 3.63) is 12.2 Å². The van der Waals surface area contributed by atoms with E-state index in [0.29, 0.717) is 32.0 Å². The fourth-order valence-electron chi connectivity index (χ4n) is 3.78. The molecule has 0 heterocycles. The molecule has 0 spiro atoms. The van der Waals surface area contributed by atoms with Crippen molar-refractivity contribution in [3.8, 4) is 0 Å². The van der Waals surface area contributed by atoms with Gasteiger partial charge in [0.25, 0.3) is 0 Å². The Morgan fingerprint density at radius 1 is 0.793 bits per heavy atom. The number of alkyl halides is 9. The topological polar surface area (TPSA) is 69.9 Å². The summed E-state index contributed by atoms with van der Waals surface area (Å²) >= 11 is 33.7. The third-order valence-electron chi connectivity index (χ3n) is 5.23. The summed E-state index contributed by atoms with van der Waals surface area (Å²) in [5, 5.41) is 3.55. The van der Waals surface area contributed by atoms with E-state index in [9.17, 15) is 14.4 Å². The van der Waals surface area contributed by atoms with E-state index in [1.54, 1.807) is 0 Å². The summed E-state index contributed by atoms with van der Waals surface area (Å²) in [5.74, 6) is -0.275. The fraction of sp³-hybridized carbons (Fsp3) is 0.867. The number of halogens is 9. The van der Waals surface area contributed by atoms with Gasteiger partial charge in [-0.2, -0.15) is 0 Å². The third-order valence-corrected chi connectivity index (χ3v) is 16.4. The average molecular weight is 1010 g/mol. The highest BCUT2D eigenvalue weighted by Crippen LogP contribution is 2.64. The van der Waals surface area contributed by atoms with E-state index in [4.69, 9.17) is 4.43 Å². The Morgan fingerprint density at radius 2 is 1.21 bits per heavy atom. The summed E-state index contributed by atoms with van der Waals surface area (Å²) in [6, 6.07) is 0. The van der Waals surface area contributed by atoms with Crippen molar-refractivity contribution in [2.24, 2.45) is 17.8 Å². The maximum atomic E-state index is 10.1. The second kappa shape index (κ2) is 12.9. The van der Waals surface area contributed by atoms with E-state index in [-0.39, 0.29) is 22.6 Å². The first-order chi connectivity index (χ1) is 13.4. The summed E-state index contributed by atoms with van der Waals surface area (Å²) < 4.78 is 4.33. The van der Waals surface area contributed by atoms with Gasteiger partial charge in [0, 0.05) is 42.7 Å². The van der Waals surface area contributed by atoms with Gasteiger partial charge < -0.3 is 18.8 Å². The van der Waals surface area contributed by atoms with Crippen LogP contribution in [-0.4, -0.2) is 74.5 Å². The van der Waals surface area contributed by atoms with Crippen LogP contribution in [0.4, 0.5) is 0 Å². The van der Waals surface area contributed by atoms with Crippen molar-refractivity contribution in [1.29, 1.82) is 0 Å². The molecule has 0 amide bonds. The Morgan fingerprint density at radius 3 is 1.55 bits per heavy atom. The van der Waals surface area contributed by atoms with Crippen LogP contribution in [-0.2, 0) is 4.43 Å². The van der Waals surface area contributed by atoms with E-state index >= 15 is 0 Å². The fourth-order valence-corrected chi connectivity index (χ4v) is 16.4. The minimum absolute atomic E-state index is 0.0539. The van der Waals surface area contributed by atoms with Crippen molar-refractivity contribution in [2.45, 2.75) is 19.1 Å². The molecule has 4 atom stereocenters. The number of hydrogen-bond donors (Lipinski definition) is 3. The Labute approximate surface area is 248 Å². The molecule has 14 heteroatoms. The second-order valence-corrected chi connectivity index (χ2v) is 15.5. The summed E-state index contributed by atoms with van der Waals surface area (Å²) in [5.41, 5.74) is -1.27. The van der Waals surface area contributed by atoms with Gasteiger partial charge >= 0.3 is 9.05 Å². The lowest BCUT2D eigenvalue weighted by Gasteiger charge is -2.64. The minimum atomic E-state index is -4.93. The van der Waals surface area contributed by atoms with Crippen LogP contribution in [0.5, 0.6) is 0 Å². The molecule has 0 saturated carbocycles. The van der Waals surface area contributed by atoms with Crippen LogP contribution in [0.15, 0.2) is 12.2 Å². The predicted molar refractivity (Wildman–Crippen MR) is 155 cm³/mol. The molecule has 0 bridgehead atoms. The van der Waals surface area contributed by atoms with E-state index < -0.39 is 23.3 Å². The van der Waals surface area contributed by atoms with E-state index in [1.807, 2.05) is 12.2 Å². The highest BCUT2D eigenvalue weighted by Gasteiger charge is 2.72. The summed E-state index contributed by atoms with van der Waals surface area (Å²) in [7, 11) is -4.93. The molecule has 4 unspecified atom stereocenters. The van der Waals surface area contributed by atoms with Crippen LogP contribution < -0.4 is 0 Å². The molecule has 4 nitrogen and oxygen atoms in total. The zero-order chi connectivity index (χ0) is 22.7. The first kappa shape index (κ1) is 31.1. The van der Waals surface area contributed by atoms with Crippen LogP contribution in [0.2, 0.25) is 0 Å². The highest BCUT2D eigenvalue weighted by molar-refractivity contribution is 9.14. The third kappa shape index (κ3) is 5.93. The van der Waals surface area contributed by atoms with Crippen LogP contribution in [0.25, 0.3) is 0 Å². The Bertz CT molecular complexity index is 556. The first-order valence-corrected chi connectivity index (χ1v) is 19.3. The first-order valence-electron chi connectivity index (χ1n) is 8.34. The molecular formula is C15H21Br9O4Si. The SMILES string of the molecule is O[Si](O)(O)OC1(C(CBr)CBr)C=CC(Br)C(Br)(C(CBr)CBr)C1(Br)C(CBr)CBr. The van der Waals surface area contributed by atoms with Crippen molar-refractivity contribution >= 4 is 152 Å². The van der Waals surface area contributed by atoms with Gasteiger partial charge in [0.2, 0.25) is 0 Å². The zero-order valence-electron chi connectivity index (χ0n) is 14.9. The molecule has 0 aromatic carbocycles. The number of hydrogen-bond acceptors (Lipinski definition) is 4. The summed E-state index contributed by atoms with van der Waals surface area (Å²) in [6.07, 6.45) is 3.79. The molecule has 0 radical (unpaired) electrons. The van der Waals surface area contributed by atoms with Crippen LogP contribution in [0.3, 0.4) is 0 Å². The molecule has 29 heavy (non-hydrogen) atoms. The number of allylic oxidation sites excluding steroid dienone is 1. The number of rotatable bonds is 11. The Balaban J connectivity index is 4.04. The highest BCUT2D eigenvalue weighted by atomic mass is 79.9. The van der Waals surface area contributed by atoms with E-state index in [0.717, 1.165) is 0 Å². The normalized spacial score (nSPS) is 33.3. The van der Waals surface area contributed by atoms with E-state index in [1.165, 1.54) is 0 Å². The molecule has 1 rings (SSSR count). The molecule has 1 aliphatic carbocycles. The van der Waals surface area contributed by atoms with Crippen molar-refractivity contribution in [1.82, 2.24) is 0 Å². The molecule has 0 fully saturated rings. The van der Waals surface area contributed by atoms with Gasteiger partial charge in [-0.1, -0.05) is 156 Å². The molecule has 0 aromatic heterocycles. The monoisotopic (exact) mass is 1000 g/mol. The maximum absolute atomic E-state index is 10.1. The summed E-state index contributed by atoms with van der Waals surface area (Å²) in [6.45, 7) is 0. The lowest BCUT2D eigenvalue weighted by atomic mass is 9.60. The largest absolute Gasteiger partial charge is 0.672 e. The lowest BCUT2D eigenvalue weighted by molar-refractivity contribution is -0.0791. The summed E-state index contributed by atoms with van der Waals surface area (Å²) in [4.78, 5) is 30.2. The minimum Gasteiger partial charge on any atom is -0.368 e. The van der Waals surface area contributed by atoms with Gasteiger partial charge in [0.1, 0.15) is 5.60 Å². The van der Waals surface area contributed by atoms with Gasteiger partial charge in [-0.25, -0.2) is 0 Å². The Kier molecular flexibility index (Phi) is 13.8. The molecule has 3 N–H and O–H groups in total. The smallest absolute Gasteiger partial charge is 0.368 e. The Hall–Kier alpha value is 4.12. The van der Waals surface area contributed by atoms with Gasteiger partial charge in [-0.3, -0.25) is 0 Å². The van der Waals surface area contributed by atoms with Crippen LogP contribution in [0, 0.1) is 17.8 Å². The van der Waals surface area contributed by atoms with Crippen molar-refractivity contribution < 1.29 is 18.8 Å². The molecule has 172 valence electrons. The second-order valence-electron chi connectivity index (χ2n) is 6.73. The molecular weight excluding hydrogens is 991 g/mol. The lowest BCUT2D eigenvalue weighted by Crippen LogP contribution is -2.77. The van der Waals surface area contributed by atoms with Gasteiger partial charge in [-0.15, -0.1) is 0 Å². The van der Waals surface area contributed by atoms with E-state index in [2.05, 4.69) is 143 Å². The standard InChI is InChI=1S/C15H21Br9O4Si/c16-3-9(4-17)13(28-29(25,26)27)2-1-12(22)14(23,10(5-18)6-19)15(13,24)11(7-20)8-21/h1-2,9-12,25-27H,3-8H2. The van der Waals surface area contributed by atoms with Gasteiger partial charge in [0.05, 0.1) is 8.65 Å². The van der Waals surface area contributed by atoms with Crippen LogP contribution >= 0.6 is 143 Å². The van der Waals surface area contributed by atoms with Crippen molar-refractivity contribution in [2.75, 3.05) is 32.0 Å². The van der Waals surface area contributed by atoms with Gasteiger partial charge in [-0.05, 0) is 11.8 Å². The maximum Gasteiger partial charge on any atom is 0.672 e. The molecule has 0 saturated heterocycles. The molecule has 0 aromatic rings. The zero-order valence-corrected chi connectivity index (χ0v) is 30.1. The predicted octanol–water partition coefficient (Wildman–Crippen LogP) is 5.97. The molecule has 1 aliphatic rings. The van der Waals surface area contributed by atoms with Crippen molar-refractivity contribution in [3.63, 3.8) is 0 Å². The van der Waals surface area contributed by atoms with Gasteiger partial charge in [0.15, 0.2) is 0 Å². The quantitative estimate of drug-likeness (QED) is 0.136.